The van der Waals surface area contributed by atoms with Crippen LogP contribution in [0, 0.1) is 0 Å². The number of hydrogen-bond acceptors (Lipinski definition) is 6. The maximum atomic E-state index is 5.54. The molecule has 6 nitrogen and oxygen atoms in total. The smallest absolute Gasteiger partial charge is 0.148 e. The van der Waals surface area contributed by atoms with Crippen molar-refractivity contribution < 1.29 is 4.74 Å². The molecular formula is C13H23N5O. The second-order valence-corrected chi connectivity index (χ2v) is 5.58. The lowest BCUT2D eigenvalue weighted by Gasteiger charge is -2.35. The van der Waals surface area contributed by atoms with E-state index in [2.05, 4.69) is 41.5 Å². The molecule has 0 radical (unpaired) electrons. The maximum Gasteiger partial charge on any atom is 0.148 e. The molecule has 0 bridgehead atoms. The Morgan fingerprint density at radius 1 is 1.26 bits per heavy atom. The van der Waals surface area contributed by atoms with Crippen molar-refractivity contribution in [2.24, 2.45) is 5.84 Å². The third-order valence-corrected chi connectivity index (χ3v) is 3.61. The molecule has 106 valence electrons. The van der Waals surface area contributed by atoms with Crippen LogP contribution in [-0.4, -0.2) is 28.7 Å². The van der Waals surface area contributed by atoms with Crippen LogP contribution < -0.4 is 16.6 Å². The molecule has 4 N–H and O–H groups in total. The number of aromatic nitrogens is 2. The van der Waals surface area contributed by atoms with Gasteiger partial charge in [0.15, 0.2) is 0 Å². The zero-order valence-electron chi connectivity index (χ0n) is 11.9. The van der Waals surface area contributed by atoms with E-state index in [0.717, 1.165) is 37.4 Å². The lowest BCUT2D eigenvalue weighted by Crippen LogP contribution is -2.41. The van der Waals surface area contributed by atoms with E-state index >= 15 is 0 Å². The first-order valence-corrected chi connectivity index (χ1v) is 6.73. The minimum Gasteiger partial charge on any atom is -0.381 e. The summed E-state index contributed by atoms with van der Waals surface area (Å²) in [6.45, 7) is 7.99. The van der Waals surface area contributed by atoms with Gasteiger partial charge in [-0.15, -0.1) is 0 Å². The Kier molecular flexibility index (Phi) is 4.21. The fraction of sp³-hybridized carbons (Fsp3) is 0.692. The SMILES string of the molecule is CC(C)c1c(NN)ncnc1NC1(C)CCOCC1. The first-order chi connectivity index (χ1) is 9.06. The standard InChI is InChI=1S/C13H23N5O/c1-9(2)10-11(15-8-16-12(10)18-14)17-13(3)4-6-19-7-5-13/h8-9H,4-7,14H2,1-3H3,(H2,15,16,17,18). The number of nitrogens with one attached hydrogen (secondary N) is 2. The van der Waals surface area contributed by atoms with Crippen LogP contribution in [0.15, 0.2) is 6.33 Å². The van der Waals surface area contributed by atoms with Crippen molar-refractivity contribution >= 4 is 11.6 Å². The van der Waals surface area contributed by atoms with E-state index < -0.39 is 0 Å². The summed E-state index contributed by atoms with van der Waals surface area (Å²) in [5, 5.41) is 3.56. The van der Waals surface area contributed by atoms with Crippen molar-refractivity contribution in [2.45, 2.75) is 45.1 Å². The van der Waals surface area contributed by atoms with Gasteiger partial charge in [0.2, 0.25) is 0 Å². The molecule has 19 heavy (non-hydrogen) atoms. The van der Waals surface area contributed by atoms with Gasteiger partial charge in [0, 0.05) is 24.3 Å². The van der Waals surface area contributed by atoms with Gasteiger partial charge in [-0.05, 0) is 25.7 Å². The van der Waals surface area contributed by atoms with Crippen LogP contribution in [-0.2, 0) is 4.74 Å². The number of nitrogen functional groups attached to an aromatic ring is 1. The Morgan fingerprint density at radius 3 is 2.47 bits per heavy atom. The molecule has 0 saturated carbocycles. The lowest BCUT2D eigenvalue weighted by molar-refractivity contribution is 0.0657. The van der Waals surface area contributed by atoms with Gasteiger partial charge in [0.05, 0.1) is 0 Å². The monoisotopic (exact) mass is 265 g/mol. The molecule has 0 atom stereocenters. The molecule has 6 heteroatoms. The van der Waals surface area contributed by atoms with E-state index in [-0.39, 0.29) is 11.5 Å². The summed E-state index contributed by atoms with van der Waals surface area (Å²) in [5.74, 6) is 7.37. The number of hydrazine groups is 1. The van der Waals surface area contributed by atoms with Gasteiger partial charge in [-0.1, -0.05) is 13.8 Å². The molecular weight excluding hydrogens is 242 g/mol. The van der Waals surface area contributed by atoms with E-state index in [0.29, 0.717) is 5.82 Å². The highest BCUT2D eigenvalue weighted by Crippen LogP contribution is 2.32. The van der Waals surface area contributed by atoms with Crippen molar-refractivity contribution in [3.8, 4) is 0 Å². The van der Waals surface area contributed by atoms with Gasteiger partial charge in [-0.25, -0.2) is 15.8 Å². The predicted octanol–water partition coefficient (Wildman–Crippen LogP) is 1.87. The maximum absolute atomic E-state index is 5.54. The Balaban J connectivity index is 2.28. The van der Waals surface area contributed by atoms with Crippen molar-refractivity contribution in [2.75, 3.05) is 24.0 Å². The lowest BCUT2D eigenvalue weighted by atomic mass is 9.92. The Bertz CT molecular complexity index is 429. The van der Waals surface area contributed by atoms with E-state index in [4.69, 9.17) is 10.6 Å². The van der Waals surface area contributed by atoms with Gasteiger partial charge in [-0.2, -0.15) is 0 Å². The Hall–Kier alpha value is -1.40. The van der Waals surface area contributed by atoms with Gasteiger partial charge in [0.25, 0.3) is 0 Å². The Labute approximate surface area is 114 Å². The predicted molar refractivity (Wildman–Crippen MR) is 76.0 cm³/mol. The molecule has 0 aliphatic carbocycles. The molecule has 2 heterocycles. The normalized spacial score (nSPS) is 18.4. The molecule has 2 rings (SSSR count). The summed E-state index contributed by atoms with van der Waals surface area (Å²) in [5.41, 5.74) is 3.69. The first kappa shape index (κ1) is 14.0. The summed E-state index contributed by atoms with van der Waals surface area (Å²) < 4.78 is 5.42. The molecule has 0 amide bonds. The summed E-state index contributed by atoms with van der Waals surface area (Å²) >= 11 is 0. The van der Waals surface area contributed by atoms with Crippen LogP contribution >= 0.6 is 0 Å². The topological polar surface area (TPSA) is 85.1 Å². The first-order valence-electron chi connectivity index (χ1n) is 6.73. The molecule has 1 aliphatic rings. The molecule has 1 aliphatic heterocycles. The van der Waals surface area contributed by atoms with Crippen LogP contribution in [0.1, 0.15) is 45.1 Å². The van der Waals surface area contributed by atoms with Crippen LogP contribution in [0.2, 0.25) is 0 Å². The highest BCUT2D eigenvalue weighted by atomic mass is 16.5. The van der Waals surface area contributed by atoms with Crippen molar-refractivity contribution in [1.29, 1.82) is 0 Å². The van der Waals surface area contributed by atoms with Gasteiger partial charge >= 0.3 is 0 Å². The molecule has 1 fully saturated rings. The zero-order chi connectivity index (χ0) is 13.9. The third-order valence-electron chi connectivity index (χ3n) is 3.61. The summed E-state index contributed by atoms with van der Waals surface area (Å²) in [7, 11) is 0. The fourth-order valence-corrected chi connectivity index (χ4v) is 2.39. The van der Waals surface area contributed by atoms with Crippen LogP contribution in [0.5, 0.6) is 0 Å². The average molecular weight is 265 g/mol. The van der Waals surface area contributed by atoms with Crippen molar-refractivity contribution in [1.82, 2.24) is 9.97 Å². The second kappa shape index (κ2) is 5.71. The Morgan fingerprint density at radius 2 is 1.89 bits per heavy atom. The zero-order valence-corrected chi connectivity index (χ0v) is 11.9. The molecule has 1 aromatic rings. The second-order valence-electron chi connectivity index (χ2n) is 5.58. The fourth-order valence-electron chi connectivity index (χ4n) is 2.39. The van der Waals surface area contributed by atoms with E-state index in [1.165, 1.54) is 6.33 Å². The van der Waals surface area contributed by atoms with Crippen molar-refractivity contribution in [3.63, 3.8) is 0 Å². The average Bonchev–Trinajstić information content (AvgIpc) is 2.38. The minimum absolute atomic E-state index is 0.0160. The van der Waals surface area contributed by atoms with Gasteiger partial charge < -0.3 is 15.5 Å². The van der Waals surface area contributed by atoms with E-state index in [1.54, 1.807) is 0 Å². The number of rotatable bonds is 4. The summed E-state index contributed by atoms with van der Waals surface area (Å²) in [4.78, 5) is 8.57. The minimum atomic E-state index is 0.0160. The number of anilines is 2. The molecule has 0 spiro atoms. The third kappa shape index (κ3) is 3.13. The highest BCUT2D eigenvalue weighted by Gasteiger charge is 2.29. The van der Waals surface area contributed by atoms with Gasteiger partial charge in [0.1, 0.15) is 18.0 Å². The molecule has 0 unspecified atom stereocenters. The van der Waals surface area contributed by atoms with Crippen LogP contribution in [0.4, 0.5) is 11.6 Å². The van der Waals surface area contributed by atoms with Crippen molar-refractivity contribution in [3.05, 3.63) is 11.9 Å². The molecule has 1 saturated heterocycles. The quantitative estimate of drug-likeness (QED) is 0.569. The summed E-state index contributed by atoms with van der Waals surface area (Å²) in [6.07, 6.45) is 3.48. The summed E-state index contributed by atoms with van der Waals surface area (Å²) in [6, 6.07) is 0. The van der Waals surface area contributed by atoms with Crippen LogP contribution in [0.3, 0.4) is 0 Å². The largest absolute Gasteiger partial charge is 0.381 e. The molecule has 0 aromatic carbocycles. The highest BCUT2D eigenvalue weighted by molar-refractivity contribution is 5.59. The number of nitrogens with zero attached hydrogens (tertiary/aromatic N) is 2. The van der Waals surface area contributed by atoms with Crippen LogP contribution in [0.25, 0.3) is 0 Å². The number of nitrogens with two attached hydrogens (primary N) is 1. The van der Waals surface area contributed by atoms with E-state index in [9.17, 15) is 0 Å². The number of ether oxygens (including phenoxy) is 1. The van der Waals surface area contributed by atoms with Gasteiger partial charge in [-0.3, -0.25) is 0 Å². The van der Waals surface area contributed by atoms with E-state index in [1.807, 2.05) is 0 Å². The molecule has 1 aromatic heterocycles. The number of hydrogen-bond donors (Lipinski definition) is 3.